The van der Waals surface area contributed by atoms with Crippen LogP contribution >= 0.6 is 0 Å². The lowest BCUT2D eigenvalue weighted by Crippen LogP contribution is -2.44. The summed E-state index contributed by atoms with van der Waals surface area (Å²) >= 11 is 0. The topological polar surface area (TPSA) is 56.1 Å². The van der Waals surface area contributed by atoms with Gasteiger partial charge in [-0.25, -0.2) is 4.98 Å². The van der Waals surface area contributed by atoms with Crippen molar-refractivity contribution < 1.29 is 4.74 Å². The molecule has 0 radical (unpaired) electrons. The summed E-state index contributed by atoms with van der Waals surface area (Å²) in [5, 5.41) is 3.29. The molecule has 1 saturated carbocycles. The number of nitrogens with one attached hydrogen (secondary N) is 1. The first-order chi connectivity index (χ1) is 8.75. The first-order valence-corrected chi connectivity index (χ1v) is 6.70. The second-order valence-electron chi connectivity index (χ2n) is 5.30. The molecule has 2 fully saturated rings. The van der Waals surface area contributed by atoms with Crippen molar-refractivity contribution in [1.29, 1.82) is 0 Å². The molecule has 1 aliphatic heterocycles. The van der Waals surface area contributed by atoms with E-state index >= 15 is 0 Å². The van der Waals surface area contributed by atoms with E-state index in [1.807, 2.05) is 0 Å². The monoisotopic (exact) mass is 249 g/mol. The van der Waals surface area contributed by atoms with E-state index in [0.29, 0.717) is 12.0 Å². The fraction of sp³-hybridized carbons (Fsp3) is 0.692. The number of hydrogen-bond acceptors (Lipinski definition) is 4. The Hall–Kier alpha value is -1.36. The Morgan fingerprint density at radius 1 is 1.44 bits per heavy atom. The van der Waals surface area contributed by atoms with Gasteiger partial charge in [0.25, 0.3) is 5.88 Å². The highest BCUT2D eigenvalue weighted by Gasteiger charge is 2.28. The highest BCUT2D eigenvalue weighted by molar-refractivity contribution is 5.08. The Kier molecular flexibility index (Phi) is 3.07. The molecular formula is C13H19N3O2. The Bertz CT molecular complexity index is 481. The number of ether oxygens (including phenoxy) is 1. The Morgan fingerprint density at radius 3 is 3.00 bits per heavy atom. The predicted octanol–water partition coefficient (Wildman–Crippen LogP) is 0.955. The number of hydrogen-bond donors (Lipinski definition) is 1. The van der Waals surface area contributed by atoms with Gasteiger partial charge in [-0.05, 0) is 31.7 Å². The molecule has 2 heterocycles. The van der Waals surface area contributed by atoms with Crippen LogP contribution in [0.15, 0.2) is 17.2 Å². The molecule has 3 rings (SSSR count). The Morgan fingerprint density at radius 2 is 2.28 bits per heavy atom. The van der Waals surface area contributed by atoms with E-state index in [1.54, 1.807) is 17.0 Å². The summed E-state index contributed by atoms with van der Waals surface area (Å²) in [5.74, 6) is 0.715. The fourth-order valence-corrected chi connectivity index (χ4v) is 2.39. The quantitative estimate of drug-likeness (QED) is 0.866. The lowest BCUT2D eigenvalue weighted by molar-refractivity contribution is 0.107. The van der Waals surface area contributed by atoms with E-state index in [4.69, 9.17) is 4.74 Å². The van der Waals surface area contributed by atoms with Gasteiger partial charge in [0.1, 0.15) is 6.10 Å². The second-order valence-corrected chi connectivity index (χ2v) is 5.30. The standard InChI is InChI=1S/C13H19N3O2/c1-9-4-5-14-8-11(9)18-12-13(17)16(7-6-15-12)10-2-3-10/h6-7,9-11,14H,2-5,8H2,1H3. The highest BCUT2D eigenvalue weighted by Crippen LogP contribution is 2.33. The van der Waals surface area contributed by atoms with Gasteiger partial charge in [-0.2, -0.15) is 0 Å². The first kappa shape index (κ1) is 11.7. The summed E-state index contributed by atoms with van der Waals surface area (Å²) in [4.78, 5) is 16.3. The van der Waals surface area contributed by atoms with Crippen molar-refractivity contribution in [1.82, 2.24) is 14.9 Å². The van der Waals surface area contributed by atoms with Crippen molar-refractivity contribution in [2.75, 3.05) is 13.1 Å². The van der Waals surface area contributed by atoms with Crippen molar-refractivity contribution in [3.63, 3.8) is 0 Å². The van der Waals surface area contributed by atoms with Crippen LogP contribution in [-0.4, -0.2) is 28.7 Å². The number of nitrogens with zero attached hydrogens (tertiary/aromatic N) is 2. The largest absolute Gasteiger partial charge is 0.469 e. The summed E-state index contributed by atoms with van der Waals surface area (Å²) in [7, 11) is 0. The van der Waals surface area contributed by atoms with E-state index in [-0.39, 0.29) is 17.5 Å². The van der Waals surface area contributed by atoms with Crippen LogP contribution in [0, 0.1) is 5.92 Å². The molecule has 98 valence electrons. The van der Waals surface area contributed by atoms with Crippen molar-refractivity contribution in [2.24, 2.45) is 5.92 Å². The summed E-state index contributed by atoms with van der Waals surface area (Å²) in [6.07, 6.45) is 6.73. The van der Waals surface area contributed by atoms with Gasteiger partial charge in [-0.1, -0.05) is 6.92 Å². The molecule has 5 nitrogen and oxygen atoms in total. The number of piperidine rings is 1. The lowest BCUT2D eigenvalue weighted by atomic mass is 9.97. The van der Waals surface area contributed by atoms with Gasteiger partial charge in [0.05, 0.1) is 0 Å². The first-order valence-electron chi connectivity index (χ1n) is 6.70. The maximum atomic E-state index is 12.2. The minimum atomic E-state index is -0.0854. The van der Waals surface area contributed by atoms with Gasteiger partial charge in [-0.15, -0.1) is 0 Å². The van der Waals surface area contributed by atoms with Gasteiger partial charge < -0.3 is 14.6 Å². The fourth-order valence-electron chi connectivity index (χ4n) is 2.39. The van der Waals surface area contributed by atoms with E-state index < -0.39 is 0 Å². The van der Waals surface area contributed by atoms with Crippen LogP contribution in [-0.2, 0) is 0 Å². The molecule has 2 atom stereocenters. The van der Waals surface area contributed by atoms with Gasteiger partial charge in [-0.3, -0.25) is 4.79 Å². The molecule has 18 heavy (non-hydrogen) atoms. The third kappa shape index (κ3) is 2.27. The lowest BCUT2D eigenvalue weighted by Gasteiger charge is -2.29. The SMILES string of the molecule is CC1CCNCC1Oc1nccn(C2CC2)c1=O. The van der Waals surface area contributed by atoms with Crippen LogP contribution in [0.3, 0.4) is 0 Å². The second kappa shape index (κ2) is 4.72. The average Bonchev–Trinajstić information content (AvgIpc) is 3.19. The molecule has 2 unspecified atom stereocenters. The molecule has 1 aromatic rings. The molecule has 0 aromatic carbocycles. The maximum Gasteiger partial charge on any atom is 0.313 e. The molecule has 2 aliphatic rings. The zero-order valence-corrected chi connectivity index (χ0v) is 10.6. The molecule has 1 N–H and O–H groups in total. The van der Waals surface area contributed by atoms with Crippen LogP contribution in [0.5, 0.6) is 5.88 Å². The normalized spacial score (nSPS) is 28.1. The molecule has 0 bridgehead atoms. The molecule has 1 saturated heterocycles. The van der Waals surface area contributed by atoms with E-state index in [1.165, 1.54) is 0 Å². The molecule has 5 heteroatoms. The third-order valence-corrected chi connectivity index (χ3v) is 3.80. The van der Waals surface area contributed by atoms with E-state index in [0.717, 1.165) is 32.4 Å². The van der Waals surface area contributed by atoms with Crippen LogP contribution in [0.2, 0.25) is 0 Å². The molecule has 0 amide bonds. The van der Waals surface area contributed by atoms with Gasteiger partial charge in [0, 0.05) is 25.0 Å². The van der Waals surface area contributed by atoms with Crippen LogP contribution in [0.4, 0.5) is 0 Å². The van der Waals surface area contributed by atoms with Crippen molar-refractivity contribution in [3.05, 3.63) is 22.7 Å². The van der Waals surface area contributed by atoms with Gasteiger partial charge in [0.2, 0.25) is 0 Å². The molecule has 1 aliphatic carbocycles. The Labute approximate surface area is 106 Å². The highest BCUT2D eigenvalue weighted by atomic mass is 16.5. The molecule has 1 aromatic heterocycles. The van der Waals surface area contributed by atoms with Crippen LogP contribution < -0.4 is 15.6 Å². The van der Waals surface area contributed by atoms with Gasteiger partial charge >= 0.3 is 5.56 Å². The molecule has 0 spiro atoms. The van der Waals surface area contributed by atoms with Crippen molar-refractivity contribution in [2.45, 2.75) is 38.3 Å². The predicted molar refractivity (Wildman–Crippen MR) is 67.8 cm³/mol. The average molecular weight is 249 g/mol. The van der Waals surface area contributed by atoms with E-state index in [2.05, 4.69) is 17.2 Å². The van der Waals surface area contributed by atoms with Crippen LogP contribution in [0.25, 0.3) is 0 Å². The summed E-state index contributed by atoms with van der Waals surface area (Å²) in [6.45, 7) is 3.98. The summed E-state index contributed by atoms with van der Waals surface area (Å²) in [6, 6.07) is 0.366. The minimum Gasteiger partial charge on any atom is -0.469 e. The van der Waals surface area contributed by atoms with Crippen molar-refractivity contribution >= 4 is 0 Å². The number of aromatic nitrogens is 2. The third-order valence-electron chi connectivity index (χ3n) is 3.80. The van der Waals surface area contributed by atoms with Crippen LogP contribution in [0.1, 0.15) is 32.2 Å². The van der Waals surface area contributed by atoms with Gasteiger partial charge in [0.15, 0.2) is 0 Å². The zero-order chi connectivity index (χ0) is 12.5. The zero-order valence-electron chi connectivity index (χ0n) is 10.6. The maximum absolute atomic E-state index is 12.2. The Balaban J connectivity index is 1.79. The molecular weight excluding hydrogens is 230 g/mol. The minimum absolute atomic E-state index is 0.0500. The smallest absolute Gasteiger partial charge is 0.313 e. The summed E-state index contributed by atoms with van der Waals surface area (Å²) < 4.78 is 7.56. The van der Waals surface area contributed by atoms with E-state index in [9.17, 15) is 4.79 Å². The van der Waals surface area contributed by atoms with Crippen molar-refractivity contribution in [3.8, 4) is 5.88 Å². The summed E-state index contributed by atoms with van der Waals surface area (Å²) in [5.41, 5.74) is -0.0854. The number of rotatable bonds is 3.